The zero-order valence-electron chi connectivity index (χ0n) is 9.38. The summed E-state index contributed by atoms with van der Waals surface area (Å²) >= 11 is 0. The SMILES string of the molecule is CCC(C)CC(C)NCc1ccn[nH]1. The van der Waals surface area contributed by atoms with Crippen LogP contribution in [0.5, 0.6) is 0 Å². The quantitative estimate of drug-likeness (QED) is 0.731. The summed E-state index contributed by atoms with van der Waals surface area (Å²) in [6.45, 7) is 7.67. The molecule has 80 valence electrons. The molecule has 2 unspecified atom stereocenters. The van der Waals surface area contributed by atoms with Crippen LogP contribution in [0.3, 0.4) is 0 Å². The van der Waals surface area contributed by atoms with Crippen LogP contribution in [0.1, 0.15) is 39.3 Å². The molecule has 0 spiro atoms. The highest BCUT2D eigenvalue weighted by Gasteiger charge is 2.06. The second-order valence-electron chi connectivity index (χ2n) is 4.11. The van der Waals surface area contributed by atoms with Crippen LogP contribution in [0.2, 0.25) is 0 Å². The maximum atomic E-state index is 3.91. The van der Waals surface area contributed by atoms with Crippen LogP contribution in [-0.4, -0.2) is 16.2 Å². The first-order valence-corrected chi connectivity index (χ1v) is 5.44. The van der Waals surface area contributed by atoms with Gasteiger partial charge in [-0.3, -0.25) is 5.10 Å². The van der Waals surface area contributed by atoms with Gasteiger partial charge in [0.15, 0.2) is 0 Å². The standard InChI is InChI=1S/C11H21N3/c1-4-9(2)7-10(3)12-8-11-5-6-13-14-11/h5-6,9-10,12H,4,7-8H2,1-3H3,(H,13,14). The van der Waals surface area contributed by atoms with Gasteiger partial charge in [-0.2, -0.15) is 5.10 Å². The van der Waals surface area contributed by atoms with Crippen LogP contribution in [0.15, 0.2) is 12.3 Å². The molecule has 0 aliphatic rings. The zero-order chi connectivity index (χ0) is 10.4. The van der Waals surface area contributed by atoms with Gasteiger partial charge in [-0.25, -0.2) is 0 Å². The average molecular weight is 195 g/mol. The van der Waals surface area contributed by atoms with Gasteiger partial charge in [0.1, 0.15) is 0 Å². The molecule has 0 saturated heterocycles. The van der Waals surface area contributed by atoms with Gasteiger partial charge in [0, 0.05) is 24.5 Å². The number of H-pyrrole nitrogens is 1. The van der Waals surface area contributed by atoms with Crippen molar-refractivity contribution < 1.29 is 0 Å². The summed E-state index contributed by atoms with van der Waals surface area (Å²) < 4.78 is 0. The van der Waals surface area contributed by atoms with Crippen LogP contribution < -0.4 is 5.32 Å². The minimum Gasteiger partial charge on any atom is -0.309 e. The second-order valence-corrected chi connectivity index (χ2v) is 4.11. The van der Waals surface area contributed by atoms with Crippen molar-refractivity contribution >= 4 is 0 Å². The van der Waals surface area contributed by atoms with E-state index in [1.165, 1.54) is 12.8 Å². The Morgan fingerprint density at radius 1 is 1.50 bits per heavy atom. The van der Waals surface area contributed by atoms with E-state index in [2.05, 4.69) is 36.3 Å². The Hall–Kier alpha value is -0.830. The monoisotopic (exact) mass is 195 g/mol. The Morgan fingerprint density at radius 2 is 2.29 bits per heavy atom. The summed E-state index contributed by atoms with van der Waals surface area (Å²) in [5.74, 6) is 0.805. The number of aromatic nitrogens is 2. The molecular weight excluding hydrogens is 174 g/mol. The fourth-order valence-corrected chi connectivity index (χ4v) is 1.52. The summed E-state index contributed by atoms with van der Waals surface area (Å²) in [5, 5.41) is 10.3. The van der Waals surface area contributed by atoms with E-state index >= 15 is 0 Å². The molecular formula is C11H21N3. The highest BCUT2D eigenvalue weighted by Crippen LogP contribution is 2.09. The molecule has 0 aromatic carbocycles. The minimum absolute atomic E-state index is 0.577. The number of hydrogen-bond donors (Lipinski definition) is 2. The van der Waals surface area contributed by atoms with Crippen molar-refractivity contribution in [3.63, 3.8) is 0 Å². The van der Waals surface area contributed by atoms with E-state index in [9.17, 15) is 0 Å². The molecule has 0 radical (unpaired) electrons. The van der Waals surface area contributed by atoms with Crippen LogP contribution >= 0.6 is 0 Å². The Morgan fingerprint density at radius 3 is 2.86 bits per heavy atom. The maximum Gasteiger partial charge on any atom is 0.0490 e. The number of nitrogens with zero attached hydrogens (tertiary/aromatic N) is 1. The lowest BCUT2D eigenvalue weighted by molar-refractivity contribution is 0.410. The summed E-state index contributed by atoms with van der Waals surface area (Å²) in [4.78, 5) is 0. The smallest absolute Gasteiger partial charge is 0.0490 e. The molecule has 0 saturated carbocycles. The van der Waals surface area contributed by atoms with E-state index in [0.717, 1.165) is 18.2 Å². The molecule has 0 aliphatic carbocycles. The van der Waals surface area contributed by atoms with Gasteiger partial charge < -0.3 is 5.32 Å². The average Bonchev–Trinajstić information content (AvgIpc) is 2.67. The molecule has 0 fully saturated rings. The van der Waals surface area contributed by atoms with Crippen molar-refractivity contribution in [3.05, 3.63) is 18.0 Å². The first kappa shape index (κ1) is 11.2. The van der Waals surface area contributed by atoms with Gasteiger partial charge in [0.2, 0.25) is 0 Å². The van der Waals surface area contributed by atoms with Crippen LogP contribution in [-0.2, 0) is 6.54 Å². The van der Waals surface area contributed by atoms with E-state index in [-0.39, 0.29) is 0 Å². The molecule has 1 heterocycles. The molecule has 1 aromatic heterocycles. The molecule has 3 nitrogen and oxygen atoms in total. The number of nitrogens with one attached hydrogen (secondary N) is 2. The molecule has 3 heteroatoms. The van der Waals surface area contributed by atoms with Crippen molar-refractivity contribution in [1.29, 1.82) is 0 Å². The van der Waals surface area contributed by atoms with E-state index in [4.69, 9.17) is 0 Å². The van der Waals surface area contributed by atoms with E-state index in [1.807, 2.05) is 6.07 Å². The fraction of sp³-hybridized carbons (Fsp3) is 0.727. The lowest BCUT2D eigenvalue weighted by Gasteiger charge is -2.16. The third-order valence-corrected chi connectivity index (χ3v) is 2.65. The van der Waals surface area contributed by atoms with E-state index in [0.29, 0.717) is 6.04 Å². The largest absolute Gasteiger partial charge is 0.309 e. The Labute approximate surface area is 86.3 Å². The highest BCUT2D eigenvalue weighted by molar-refractivity contribution is 4.96. The zero-order valence-corrected chi connectivity index (χ0v) is 9.38. The van der Waals surface area contributed by atoms with E-state index in [1.54, 1.807) is 6.20 Å². The van der Waals surface area contributed by atoms with Crippen molar-refractivity contribution in [2.75, 3.05) is 0 Å². The summed E-state index contributed by atoms with van der Waals surface area (Å²) in [5.41, 5.74) is 1.15. The maximum absolute atomic E-state index is 3.91. The van der Waals surface area contributed by atoms with Gasteiger partial charge >= 0.3 is 0 Å². The normalized spacial score (nSPS) is 15.4. The number of aromatic amines is 1. The molecule has 1 aromatic rings. The predicted octanol–water partition coefficient (Wildman–Crippen LogP) is 2.32. The van der Waals surface area contributed by atoms with Gasteiger partial charge in [0.05, 0.1) is 0 Å². The van der Waals surface area contributed by atoms with Crippen molar-refractivity contribution in [1.82, 2.24) is 15.5 Å². The van der Waals surface area contributed by atoms with Gasteiger partial charge in [0.25, 0.3) is 0 Å². The Kier molecular flexibility index (Phi) is 4.66. The fourth-order valence-electron chi connectivity index (χ4n) is 1.52. The third-order valence-electron chi connectivity index (χ3n) is 2.65. The first-order valence-electron chi connectivity index (χ1n) is 5.44. The lowest BCUT2D eigenvalue weighted by Crippen LogP contribution is -2.27. The number of hydrogen-bond acceptors (Lipinski definition) is 2. The molecule has 1 rings (SSSR count). The Balaban J connectivity index is 2.18. The third kappa shape index (κ3) is 3.92. The molecule has 0 aliphatic heterocycles. The molecule has 2 N–H and O–H groups in total. The van der Waals surface area contributed by atoms with Crippen molar-refractivity contribution in [2.45, 2.75) is 46.2 Å². The molecule has 14 heavy (non-hydrogen) atoms. The highest BCUT2D eigenvalue weighted by atomic mass is 15.1. The molecule has 0 bridgehead atoms. The molecule has 0 amide bonds. The summed E-state index contributed by atoms with van der Waals surface area (Å²) in [6.07, 6.45) is 4.29. The Bertz CT molecular complexity index is 231. The van der Waals surface area contributed by atoms with Crippen LogP contribution in [0.25, 0.3) is 0 Å². The molecule has 2 atom stereocenters. The first-order chi connectivity index (χ1) is 6.72. The predicted molar refractivity (Wildman–Crippen MR) is 59.0 cm³/mol. The van der Waals surface area contributed by atoms with Gasteiger partial charge in [-0.15, -0.1) is 0 Å². The summed E-state index contributed by atoms with van der Waals surface area (Å²) in [7, 11) is 0. The summed E-state index contributed by atoms with van der Waals surface area (Å²) in [6, 6.07) is 2.58. The van der Waals surface area contributed by atoms with Gasteiger partial charge in [-0.05, 0) is 25.3 Å². The van der Waals surface area contributed by atoms with E-state index < -0.39 is 0 Å². The van der Waals surface area contributed by atoms with Gasteiger partial charge in [-0.1, -0.05) is 20.3 Å². The van der Waals surface area contributed by atoms with Crippen LogP contribution in [0.4, 0.5) is 0 Å². The topological polar surface area (TPSA) is 40.7 Å². The van der Waals surface area contributed by atoms with Crippen molar-refractivity contribution in [2.24, 2.45) is 5.92 Å². The van der Waals surface area contributed by atoms with Crippen LogP contribution in [0, 0.1) is 5.92 Å². The minimum atomic E-state index is 0.577. The second kappa shape index (κ2) is 5.81. The van der Waals surface area contributed by atoms with Crippen molar-refractivity contribution in [3.8, 4) is 0 Å². The number of rotatable bonds is 6. The lowest BCUT2D eigenvalue weighted by atomic mass is 10.0.